The van der Waals surface area contributed by atoms with Gasteiger partial charge in [0.25, 0.3) is 5.69 Å². The van der Waals surface area contributed by atoms with Crippen LogP contribution in [0.15, 0.2) is 42.5 Å². The van der Waals surface area contributed by atoms with E-state index in [2.05, 4.69) is 15.1 Å². The van der Waals surface area contributed by atoms with Crippen LogP contribution in [0, 0.1) is 10.1 Å². The van der Waals surface area contributed by atoms with Crippen LogP contribution in [0.2, 0.25) is 0 Å². The van der Waals surface area contributed by atoms with Gasteiger partial charge in [-0.3, -0.25) is 10.1 Å². The third kappa shape index (κ3) is 4.42. The topological polar surface area (TPSA) is 80.1 Å². The molecule has 2 aromatic rings. The fraction of sp³-hybridized carbons (Fsp3) is 0.316. The average Bonchev–Trinajstić information content (AvgIpc) is 2.73. The van der Waals surface area contributed by atoms with Crippen molar-refractivity contribution in [2.45, 2.75) is 0 Å². The van der Waals surface area contributed by atoms with Crippen LogP contribution in [0.5, 0.6) is 11.5 Å². The van der Waals surface area contributed by atoms with Crippen molar-refractivity contribution in [3.63, 3.8) is 0 Å². The number of methoxy groups -OCH3 is 2. The van der Waals surface area contributed by atoms with Crippen LogP contribution >= 0.6 is 12.2 Å². The Hall–Kier alpha value is -3.07. The molecule has 0 aromatic heterocycles. The number of rotatable bonds is 5. The molecule has 3 rings (SSSR count). The van der Waals surface area contributed by atoms with E-state index < -0.39 is 4.92 Å². The van der Waals surface area contributed by atoms with E-state index in [0.29, 0.717) is 16.6 Å². The highest BCUT2D eigenvalue weighted by atomic mass is 32.1. The lowest BCUT2D eigenvalue weighted by Gasteiger charge is -2.37. The Kier molecular flexibility index (Phi) is 6.15. The summed E-state index contributed by atoms with van der Waals surface area (Å²) in [5.41, 5.74) is 1.82. The van der Waals surface area contributed by atoms with Crippen LogP contribution in [0.3, 0.4) is 0 Å². The third-order valence-corrected chi connectivity index (χ3v) is 5.00. The van der Waals surface area contributed by atoms with Crippen molar-refractivity contribution in [1.29, 1.82) is 0 Å². The Balaban J connectivity index is 1.60. The third-order valence-electron chi connectivity index (χ3n) is 4.64. The molecule has 1 saturated heterocycles. The summed E-state index contributed by atoms with van der Waals surface area (Å²) in [6.07, 6.45) is 0. The molecule has 1 heterocycles. The maximum atomic E-state index is 10.8. The second kappa shape index (κ2) is 8.75. The fourth-order valence-electron chi connectivity index (χ4n) is 3.06. The molecule has 2 aromatic carbocycles. The first-order chi connectivity index (χ1) is 13.5. The van der Waals surface area contributed by atoms with Crippen molar-refractivity contribution < 1.29 is 14.4 Å². The first kappa shape index (κ1) is 19.7. The number of hydrogen-bond acceptors (Lipinski definition) is 6. The molecule has 1 aliphatic heterocycles. The molecule has 9 heteroatoms. The number of ether oxygens (including phenoxy) is 2. The van der Waals surface area contributed by atoms with E-state index in [-0.39, 0.29) is 5.69 Å². The maximum absolute atomic E-state index is 10.8. The van der Waals surface area contributed by atoms with Gasteiger partial charge in [-0.05, 0) is 36.5 Å². The Morgan fingerprint density at radius 2 is 1.75 bits per heavy atom. The summed E-state index contributed by atoms with van der Waals surface area (Å²) in [4.78, 5) is 14.7. The van der Waals surface area contributed by atoms with Crippen molar-refractivity contribution in [3.8, 4) is 11.5 Å². The minimum Gasteiger partial charge on any atom is -0.497 e. The number of non-ortho nitro benzene ring substituents is 1. The Morgan fingerprint density at radius 1 is 1.07 bits per heavy atom. The molecule has 8 nitrogen and oxygen atoms in total. The number of piperazine rings is 1. The lowest BCUT2D eigenvalue weighted by atomic mass is 10.2. The quantitative estimate of drug-likeness (QED) is 0.464. The van der Waals surface area contributed by atoms with Crippen LogP contribution in [0.4, 0.5) is 17.1 Å². The molecule has 0 aliphatic carbocycles. The molecule has 1 N–H and O–H groups in total. The summed E-state index contributed by atoms with van der Waals surface area (Å²) in [5.74, 6) is 1.40. The van der Waals surface area contributed by atoms with Crippen LogP contribution in [-0.2, 0) is 0 Å². The van der Waals surface area contributed by atoms with Crippen LogP contribution in [0.1, 0.15) is 0 Å². The highest BCUT2D eigenvalue weighted by molar-refractivity contribution is 7.80. The average molecular weight is 402 g/mol. The number of hydrogen-bond donors (Lipinski definition) is 1. The Bertz CT molecular complexity index is 852. The summed E-state index contributed by atoms with van der Waals surface area (Å²) in [7, 11) is 3.22. The molecule has 0 unspecified atom stereocenters. The molecule has 0 spiro atoms. The molecule has 0 amide bonds. The summed E-state index contributed by atoms with van der Waals surface area (Å²) in [6.45, 7) is 3.04. The van der Waals surface area contributed by atoms with Gasteiger partial charge in [-0.1, -0.05) is 0 Å². The van der Waals surface area contributed by atoms with Crippen molar-refractivity contribution in [3.05, 3.63) is 52.6 Å². The van der Waals surface area contributed by atoms with Crippen molar-refractivity contribution in [2.75, 3.05) is 50.6 Å². The largest absolute Gasteiger partial charge is 0.497 e. The number of thiocarbonyl (C=S) groups is 1. The van der Waals surface area contributed by atoms with Gasteiger partial charge in [0.2, 0.25) is 0 Å². The van der Waals surface area contributed by atoms with Gasteiger partial charge in [-0.2, -0.15) is 0 Å². The number of benzene rings is 2. The molecule has 0 atom stereocenters. The van der Waals surface area contributed by atoms with E-state index in [0.717, 1.165) is 37.6 Å². The Labute approximate surface area is 168 Å². The van der Waals surface area contributed by atoms with Crippen molar-refractivity contribution in [2.24, 2.45) is 0 Å². The molecule has 0 radical (unpaired) electrons. The normalized spacial score (nSPS) is 13.8. The highest BCUT2D eigenvalue weighted by Gasteiger charge is 2.20. The zero-order valence-corrected chi connectivity index (χ0v) is 16.6. The number of anilines is 2. The van der Waals surface area contributed by atoms with E-state index in [9.17, 15) is 10.1 Å². The van der Waals surface area contributed by atoms with Gasteiger partial charge in [-0.15, -0.1) is 0 Å². The van der Waals surface area contributed by atoms with E-state index in [1.807, 2.05) is 18.2 Å². The zero-order chi connectivity index (χ0) is 20.1. The minimum absolute atomic E-state index is 0.0972. The molecule has 0 saturated carbocycles. The van der Waals surface area contributed by atoms with Crippen molar-refractivity contribution >= 4 is 34.4 Å². The van der Waals surface area contributed by atoms with Gasteiger partial charge in [0.05, 0.1) is 24.8 Å². The Morgan fingerprint density at radius 3 is 2.32 bits per heavy atom. The van der Waals surface area contributed by atoms with Crippen LogP contribution in [0.25, 0.3) is 0 Å². The molecule has 28 heavy (non-hydrogen) atoms. The monoisotopic (exact) mass is 402 g/mol. The van der Waals surface area contributed by atoms with Gasteiger partial charge in [0, 0.05) is 50.1 Å². The second-order valence-electron chi connectivity index (χ2n) is 6.24. The zero-order valence-electron chi connectivity index (χ0n) is 15.8. The first-order valence-electron chi connectivity index (χ1n) is 8.79. The molecular weight excluding hydrogens is 380 g/mol. The van der Waals surface area contributed by atoms with E-state index in [1.54, 1.807) is 26.4 Å². The van der Waals surface area contributed by atoms with E-state index >= 15 is 0 Å². The van der Waals surface area contributed by atoms with Gasteiger partial charge in [0.15, 0.2) is 5.11 Å². The standard InChI is InChI=1S/C19H22N4O4S/c1-26-16-7-8-18(27-2)17(13-16)20-19(28)22-11-9-21(10-12-22)14-3-5-15(6-4-14)23(24)25/h3-8,13H,9-12H2,1-2H3,(H,20,28). The predicted molar refractivity (Wildman–Crippen MR) is 113 cm³/mol. The molecule has 148 valence electrons. The minimum atomic E-state index is -0.390. The van der Waals surface area contributed by atoms with Gasteiger partial charge < -0.3 is 24.6 Å². The number of nitro groups is 1. The summed E-state index contributed by atoms with van der Waals surface area (Å²) in [6, 6.07) is 12.1. The highest BCUT2D eigenvalue weighted by Crippen LogP contribution is 2.29. The molecule has 1 aliphatic rings. The summed E-state index contributed by atoms with van der Waals surface area (Å²) >= 11 is 5.57. The molecule has 0 bridgehead atoms. The van der Waals surface area contributed by atoms with Crippen LogP contribution < -0.4 is 19.7 Å². The maximum Gasteiger partial charge on any atom is 0.269 e. The lowest BCUT2D eigenvalue weighted by Crippen LogP contribution is -2.50. The number of nitro benzene ring substituents is 1. The van der Waals surface area contributed by atoms with Gasteiger partial charge in [0.1, 0.15) is 11.5 Å². The second-order valence-corrected chi connectivity index (χ2v) is 6.63. The SMILES string of the molecule is COc1ccc(OC)c(NC(=S)N2CCN(c3ccc([N+](=O)[O-])cc3)CC2)c1. The van der Waals surface area contributed by atoms with E-state index in [1.165, 1.54) is 12.1 Å². The van der Waals surface area contributed by atoms with Crippen molar-refractivity contribution in [1.82, 2.24) is 4.90 Å². The number of nitrogens with one attached hydrogen (secondary N) is 1. The van der Waals surface area contributed by atoms with Gasteiger partial charge >= 0.3 is 0 Å². The fourth-order valence-corrected chi connectivity index (χ4v) is 3.35. The van der Waals surface area contributed by atoms with Gasteiger partial charge in [-0.25, -0.2) is 0 Å². The summed E-state index contributed by atoms with van der Waals surface area (Å²) < 4.78 is 10.6. The first-order valence-corrected chi connectivity index (χ1v) is 9.20. The number of nitrogens with zero attached hydrogens (tertiary/aromatic N) is 3. The summed E-state index contributed by atoms with van der Waals surface area (Å²) in [5, 5.41) is 14.6. The van der Waals surface area contributed by atoms with Crippen LogP contribution in [-0.4, -0.2) is 55.3 Å². The smallest absolute Gasteiger partial charge is 0.269 e. The predicted octanol–water partition coefficient (Wildman–Crippen LogP) is 3.13. The molecular formula is C19H22N4O4S. The molecule has 1 fully saturated rings. The van der Waals surface area contributed by atoms with E-state index in [4.69, 9.17) is 21.7 Å². The lowest BCUT2D eigenvalue weighted by molar-refractivity contribution is -0.384.